The molecule has 0 rings (SSSR count). The van der Waals surface area contributed by atoms with E-state index in [1.165, 1.54) is 25.7 Å². The molecule has 0 fully saturated rings. The Morgan fingerprint density at radius 2 is 1.09 bits per heavy atom. The number of carbonyl (C=O) groups is 3. The molecule has 4 N–H and O–H groups in total. The third kappa shape index (κ3) is 29.4. The largest absolute Gasteiger partial charge is 0.480 e. The lowest BCUT2D eigenvalue weighted by molar-refractivity contribution is -0.161. The summed E-state index contributed by atoms with van der Waals surface area (Å²) in [6.45, 7) is 2.66. The molecule has 0 amide bonds. The number of aliphatic carboxylic acids is 1. The third-order valence-electron chi connectivity index (χ3n) is 7.17. The van der Waals surface area contributed by atoms with Crippen molar-refractivity contribution >= 4 is 25.7 Å². The number of hydrogen-bond acceptors (Lipinski definition) is 9. The van der Waals surface area contributed by atoms with Crippen LogP contribution in [0.3, 0.4) is 0 Å². The van der Waals surface area contributed by atoms with E-state index >= 15 is 0 Å². The maximum absolute atomic E-state index is 12.5. The summed E-state index contributed by atoms with van der Waals surface area (Å²) in [5.74, 6) is -2.41. The Balaban J connectivity index is 4.53. The molecule has 46 heavy (non-hydrogen) atoms. The SMILES string of the molecule is CCCC/C=C\CCCCCCCC(=O)OCC(COP(=O)(O)OCC(N)C(=O)O)OC(=O)CCCCCCC/C=C\CCCC. The Labute approximate surface area is 277 Å². The van der Waals surface area contributed by atoms with Gasteiger partial charge in [0.1, 0.15) is 12.6 Å². The van der Waals surface area contributed by atoms with Crippen molar-refractivity contribution in [3.63, 3.8) is 0 Å². The first kappa shape index (κ1) is 44.0. The standard InChI is InChI=1S/C34H62NO10P/c1-3-5-7-9-11-13-15-17-19-21-23-25-32(36)42-27-30(28-43-46(40,41)44-29-31(35)34(38)39)45-33(37)26-24-22-20-18-16-14-12-10-8-6-4-2/h9-12,30-31H,3-8,13-29,35H2,1-2H3,(H,38,39)(H,40,41)/b11-9-,12-10-. The molecule has 0 bridgehead atoms. The average molecular weight is 676 g/mol. The number of rotatable bonds is 32. The Hall–Kier alpha value is -2.04. The van der Waals surface area contributed by atoms with Crippen LogP contribution in [0.1, 0.15) is 142 Å². The number of esters is 2. The van der Waals surface area contributed by atoms with Crippen molar-refractivity contribution in [2.75, 3.05) is 19.8 Å². The van der Waals surface area contributed by atoms with Gasteiger partial charge < -0.3 is 25.2 Å². The van der Waals surface area contributed by atoms with Gasteiger partial charge in [0.05, 0.1) is 13.2 Å². The highest BCUT2D eigenvalue weighted by Crippen LogP contribution is 2.43. The number of unbranched alkanes of at least 4 members (excludes halogenated alkanes) is 14. The summed E-state index contributed by atoms with van der Waals surface area (Å²) < 4.78 is 32.4. The fourth-order valence-corrected chi connectivity index (χ4v) is 5.10. The molecular formula is C34H62NO10P. The lowest BCUT2D eigenvalue weighted by atomic mass is 10.1. The first-order chi connectivity index (χ1) is 22.1. The number of nitrogens with two attached hydrogens (primary N) is 1. The zero-order valence-electron chi connectivity index (χ0n) is 28.4. The predicted molar refractivity (Wildman–Crippen MR) is 180 cm³/mol. The lowest BCUT2D eigenvalue weighted by Crippen LogP contribution is -2.34. The smallest absolute Gasteiger partial charge is 0.472 e. The fraction of sp³-hybridized carbons (Fsp3) is 0.794. The normalized spacial score (nSPS) is 14.3. The van der Waals surface area contributed by atoms with Crippen LogP contribution >= 0.6 is 7.82 Å². The van der Waals surface area contributed by atoms with E-state index < -0.39 is 51.1 Å². The van der Waals surface area contributed by atoms with Crippen LogP contribution in [0.15, 0.2) is 24.3 Å². The first-order valence-corrected chi connectivity index (χ1v) is 18.9. The van der Waals surface area contributed by atoms with Crippen LogP contribution in [-0.4, -0.2) is 59.9 Å². The van der Waals surface area contributed by atoms with Gasteiger partial charge in [-0.25, -0.2) is 4.57 Å². The lowest BCUT2D eigenvalue weighted by Gasteiger charge is -2.20. The molecule has 0 aromatic rings. The fourth-order valence-electron chi connectivity index (χ4n) is 4.32. The molecular weight excluding hydrogens is 613 g/mol. The first-order valence-electron chi connectivity index (χ1n) is 17.4. The van der Waals surface area contributed by atoms with Gasteiger partial charge in [0.15, 0.2) is 6.10 Å². The zero-order chi connectivity index (χ0) is 34.3. The van der Waals surface area contributed by atoms with E-state index in [2.05, 4.69) is 42.7 Å². The molecule has 0 aliphatic carbocycles. The minimum Gasteiger partial charge on any atom is -0.480 e. The second-order valence-electron chi connectivity index (χ2n) is 11.6. The van der Waals surface area contributed by atoms with E-state index in [1.54, 1.807) is 0 Å². The van der Waals surface area contributed by atoms with E-state index in [9.17, 15) is 23.8 Å². The van der Waals surface area contributed by atoms with Gasteiger partial charge in [-0.2, -0.15) is 0 Å². The predicted octanol–water partition coefficient (Wildman–Crippen LogP) is 7.94. The van der Waals surface area contributed by atoms with E-state index in [0.717, 1.165) is 77.0 Å². The highest BCUT2D eigenvalue weighted by atomic mass is 31.2. The molecule has 0 saturated heterocycles. The Kier molecular flexibility index (Phi) is 29.0. The summed E-state index contributed by atoms with van der Waals surface area (Å²) in [5.41, 5.74) is 5.30. The molecule has 0 aliphatic heterocycles. The molecule has 268 valence electrons. The van der Waals surface area contributed by atoms with Crippen LogP contribution in [-0.2, 0) is 37.5 Å². The molecule has 3 unspecified atom stereocenters. The highest BCUT2D eigenvalue weighted by molar-refractivity contribution is 7.47. The maximum atomic E-state index is 12.5. The number of allylic oxidation sites excluding steroid dienone is 4. The van der Waals surface area contributed by atoms with Crippen LogP contribution < -0.4 is 5.73 Å². The van der Waals surface area contributed by atoms with Crippen LogP contribution in [0.2, 0.25) is 0 Å². The Bertz CT molecular complexity index is 895. The Morgan fingerprint density at radius 1 is 0.652 bits per heavy atom. The van der Waals surface area contributed by atoms with E-state index in [4.69, 9.17) is 24.8 Å². The summed E-state index contributed by atoms with van der Waals surface area (Å²) in [6, 6.07) is -1.52. The number of hydrogen-bond donors (Lipinski definition) is 3. The topological polar surface area (TPSA) is 172 Å². The molecule has 0 aliphatic rings. The van der Waals surface area contributed by atoms with Crippen molar-refractivity contribution in [2.45, 2.75) is 154 Å². The average Bonchev–Trinajstić information content (AvgIpc) is 3.02. The van der Waals surface area contributed by atoms with Crippen molar-refractivity contribution < 1.29 is 47.5 Å². The molecule has 0 aromatic heterocycles. The molecule has 11 nitrogen and oxygen atoms in total. The molecule has 0 spiro atoms. The summed E-state index contributed by atoms with van der Waals surface area (Å²) in [4.78, 5) is 45.5. The van der Waals surface area contributed by atoms with E-state index in [1.807, 2.05) is 0 Å². The minimum absolute atomic E-state index is 0.149. The second kappa shape index (κ2) is 30.3. The molecule has 0 radical (unpaired) electrons. The number of carboxylic acid groups (broad SMARTS) is 1. The van der Waals surface area contributed by atoms with Crippen LogP contribution in [0.4, 0.5) is 0 Å². The van der Waals surface area contributed by atoms with Crippen LogP contribution in [0, 0.1) is 0 Å². The van der Waals surface area contributed by atoms with Crippen molar-refractivity contribution in [1.82, 2.24) is 0 Å². The summed E-state index contributed by atoms with van der Waals surface area (Å²) >= 11 is 0. The van der Waals surface area contributed by atoms with Gasteiger partial charge in [0, 0.05) is 12.8 Å². The number of carbonyl (C=O) groups excluding carboxylic acids is 2. The van der Waals surface area contributed by atoms with E-state index in [0.29, 0.717) is 12.8 Å². The molecule has 12 heteroatoms. The van der Waals surface area contributed by atoms with Crippen LogP contribution in [0.5, 0.6) is 0 Å². The van der Waals surface area contributed by atoms with Gasteiger partial charge in [-0.15, -0.1) is 0 Å². The summed E-state index contributed by atoms with van der Waals surface area (Å²) in [7, 11) is -4.70. The van der Waals surface area contributed by atoms with Gasteiger partial charge in [-0.05, 0) is 51.4 Å². The molecule has 0 heterocycles. The maximum Gasteiger partial charge on any atom is 0.472 e. The molecule has 0 saturated carbocycles. The monoisotopic (exact) mass is 675 g/mol. The number of phosphoric ester groups is 1. The van der Waals surface area contributed by atoms with E-state index in [-0.39, 0.29) is 19.4 Å². The molecule has 3 atom stereocenters. The van der Waals surface area contributed by atoms with Crippen molar-refractivity contribution in [2.24, 2.45) is 5.73 Å². The highest BCUT2D eigenvalue weighted by Gasteiger charge is 2.28. The quantitative estimate of drug-likeness (QED) is 0.0273. The number of phosphoric acid groups is 1. The van der Waals surface area contributed by atoms with Crippen molar-refractivity contribution in [3.05, 3.63) is 24.3 Å². The zero-order valence-corrected chi connectivity index (χ0v) is 29.3. The summed E-state index contributed by atoms with van der Waals surface area (Å²) in [6.07, 6.45) is 26.9. The van der Waals surface area contributed by atoms with Gasteiger partial charge >= 0.3 is 25.7 Å². The van der Waals surface area contributed by atoms with Gasteiger partial charge in [0.2, 0.25) is 0 Å². The van der Waals surface area contributed by atoms with Gasteiger partial charge in [-0.1, -0.05) is 102 Å². The third-order valence-corrected chi connectivity index (χ3v) is 8.12. The second-order valence-corrected chi connectivity index (χ2v) is 13.1. The Morgan fingerprint density at radius 3 is 1.59 bits per heavy atom. The van der Waals surface area contributed by atoms with Crippen molar-refractivity contribution in [1.29, 1.82) is 0 Å². The minimum atomic E-state index is -4.70. The van der Waals surface area contributed by atoms with Gasteiger partial charge in [0.25, 0.3) is 0 Å². The number of carboxylic acids is 1. The summed E-state index contributed by atoms with van der Waals surface area (Å²) in [5, 5.41) is 8.83. The number of ether oxygens (including phenoxy) is 2. The van der Waals surface area contributed by atoms with Crippen LogP contribution in [0.25, 0.3) is 0 Å². The van der Waals surface area contributed by atoms with Crippen molar-refractivity contribution in [3.8, 4) is 0 Å². The molecule has 0 aromatic carbocycles. The van der Waals surface area contributed by atoms with Gasteiger partial charge in [-0.3, -0.25) is 23.4 Å².